The Balaban J connectivity index is 1.81. The molecule has 1 saturated heterocycles. The van der Waals surface area contributed by atoms with Crippen LogP contribution in [0, 0.1) is 6.92 Å². The molecule has 1 N–H and O–H groups in total. The Morgan fingerprint density at radius 3 is 2.80 bits per heavy atom. The predicted octanol–water partition coefficient (Wildman–Crippen LogP) is 3.70. The van der Waals surface area contributed by atoms with Crippen molar-refractivity contribution in [1.82, 2.24) is 14.9 Å². The zero-order valence-electron chi connectivity index (χ0n) is 14.9. The number of likely N-dealkylation sites (tertiary alicyclic amines) is 1. The average Bonchev–Trinajstić information content (AvgIpc) is 2.61. The van der Waals surface area contributed by atoms with Crippen LogP contribution in [0.15, 0.2) is 36.5 Å². The second-order valence-electron chi connectivity index (χ2n) is 6.78. The van der Waals surface area contributed by atoms with Gasteiger partial charge in [0.25, 0.3) is 0 Å². The predicted molar refractivity (Wildman–Crippen MR) is 96.3 cm³/mol. The lowest BCUT2D eigenvalue weighted by Gasteiger charge is -2.39. The van der Waals surface area contributed by atoms with Crippen LogP contribution in [0.5, 0.6) is 0 Å². The SMILES string of the molecule is Cc1cccnc1[C@@H]1CCC[C@H](c2cccc(CCC(=O)O)n2)N1C. The van der Waals surface area contributed by atoms with Crippen molar-refractivity contribution in [3.8, 4) is 0 Å². The maximum Gasteiger partial charge on any atom is 0.303 e. The highest BCUT2D eigenvalue weighted by Crippen LogP contribution is 2.39. The maximum absolute atomic E-state index is 10.8. The van der Waals surface area contributed by atoms with Crippen LogP contribution < -0.4 is 0 Å². The van der Waals surface area contributed by atoms with Crippen LogP contribution in [0.3, 0.4) is 0 Å². The van der Waals surface area contributed by atoms with E-state index in [-0.39, 0.29) is 12.5 Å². The van der Waals surface area contributed by atoms with Crippen molar-refractivity contribution in [3.63, 3.8) is 0 Å². The highest BCUT2D eigenvalue weighted by molar-refractivity contribution is 5.66. The summed E-state index contributed by atoms with van der Waals surface area (Å²) in [6, 6.07) is 10.6. The van der Waals surface area contributed by atoms with Crippen molar-refractivity contribution in [2.75, 3.05) is 7.05 Å². The number of aliphatic carboxylic acids is 1. The Kier molecular flexibility index (Phi) is 5.43. The molecule has 2 aromatic heterocycles. The lowest BCUT2D eigenvalue weighted by molar-refractivity contribution is -0.136. The monoisotopic (exact) mass is 339 g/mol. The lowest BCUT2D eigenvalue weighted by atomic mass is 9.90. The van der Waals surface area contributed by atoms with Gasteiger partial charge in [0, 0.05) is 18.3 Å². The normalized spacial score (nSPS) is 21.2. The topological polar surface area (TPSA) is 66.3 Å². The molecule has 0 aromatic carbocycles. The minimum absolute atomic E-state index is 0.118. The summed E-state index contributed by atoms with van der Waals surface area (Å²) in [5.41, 5.74) is 4.26. The Hall–Kier alpha value is -2.27. The number of aromatic nitrogens is 2. The fourth-order valence-corrected chi connectivity index (χ4v) is 3.72. The molecule has 5 heteroatoms. The first-order valence-electron chi connectivity index (χ1n) is 8.87. The summed E-state index contributed by atoms with van der Waals surface area (Å²) >= 11 is 0. The second-order valence-corrected chi connectivity index (χ2v) is 6.78. The maximum atomic E-state index is 10.8. The molecule has 2 aromatic rings. The van der Waals surface area contributed by atoms with E-state index in [2.05, 4.69) is 36.0 Å². The van der Waals surface area contributed by atoms with E-state index in [1.165, 1.54) is 5.56 Å². The Labute approximate surface area is 148 Å². The quantitative estimate of drug-likeness (QED) is 0.900. The third-order valence-electron chi connectivity index (χ3n) is 5.07. The summed E-state index contributed by atoms with van der Waals surface area (Å²) in [4.78, 5) is 22.5. The molecule has 0 radical (unpaired) electrons. The first-order chi connectivity index (χ1) is 12.1. The minimum atomic E-state index is -0.785. The molecule has 25 heavy (non-hydrogen) atoms. The van der Waals surface area contributed by atoms with Gasteiger partial charge in [-0.05, 0) is 57.0 Å². The third kappa shape index (κ3) is 4.04. The number of nitrogens with zero attached hydrogens (tertiary/aromatic N) is 3. The molecule has 0 aliphatic carbocycles. The van der Waals surface area contributed by atoms with Crippen LogP contribution in [0.4, 0.5) is 0 Å². The third-order valence-corrected chi connectivity index (χ3v) is 5.07. The molecule has 0 saturated carbocycles. The largest absolute Gasteiger partial charge is 0.481 e. The summed E-state index contributed by atoms with van der Waals surface area (Å²) in [5, 5.41) is 8.88. The number of hydrogen-bond donors (Lipinski definition) is 1. The summed E-state index contributed by atoms with van der Waals surface area (Å²) < 4.78 is 0. The van der Waals surface area contributed by atoms with Gasteiger partial charge in [-0.1, -0.05) is 12.1 Å². The van der Waals surface area contributed by atoms with Crippen molar-refractivity contribution >= 4 is 5.97 Å². The molecule has 2 atom stereocenters. The van der Waals surface area contributed by atoms with Gasteiger partial charge in [-0.3, -0.25) is 19.7 Å². The molecule has 1 aliphatic heterocycles. The van der Waals surface area contributed by atoms with Crippen molar-refractivity contribution in [3.05, 3.63) is 59.2 Å². The fraction of sp³-hybridized carbons (Fsp3) is 0.450. The molecule has 0 bridgehead atoms. The summed E-state index contributed by atoms with van der Waals surface area (Å²) in [5.74, 6) is -0.785. The number of hydrogen-bond acceptors (Lipinski definition) is 4. The van der Waals surface area contributed by atoms with E-state index in [4.69, 9.17) is 10.1 Å². The van der Waals surface area contributed by atoms with Gasteiger partial charge in [-0.2, -0.15) is 0 Å². The van der Waals surface area contributed by atoms with E-state index < -0.39 is 5.97 Å². The zero-order valence-corrected chi connectivity index (χ0v) is 14.9. The standard InChI is InChI=1S/C20H25N3O2/c1-14-6-5-13-21-20(14)18-10-4-9-17(23(18)2)16-8-3-7-15(22-16)11-12-19(24)25/h3,5-8,13,17-18H,4,9-12H2,1-2H3,(H,24,25)/t17-,18+/m1/s1. The number of carboxylic acid groups (broad SMARTS) is 1. The van der Waals surface area contributed by atoms with Crippen LogP contribution >= 0.6 is 0 Å². The second kappa shape index (κ2) is 7.74. The van der Waals surface area contributed by atoms with Crippen molar-refractivity contribution < 1.29 is 9.90 Å². The molecule has 5 nitrogen and oxygen atoms in total. The van der Waals surface area contributed by atoms with E-state index in [1.54, 1.807) is 0 Å². The van der Waals surface area contributed by atoms with Gasteiger partial charge in [0.1, 0.15) is 0 Å². The van der Waals surface area contributed by atoms with Crippen molar-refractivity contribution in [2.24, 2.45) is 0 Å². The van der Waals surface area contributed by atoms with Gasteiger partial charge < -0.3 is 5.11 Å². The highest BCUT2D eigenvalue weighted by Gasteiger charge is 2.31. The molecular formula is C20H25N3O2. The van der Waals surface area contributed by atoms with E-state index in [0.29, 0.717) is 12.5 Å². The van der Waals surface area contributed by atoms with Gasteiger partial charge in [-0.25, -0.2) is 0 Å². The van der Waals surface area contributed by atoms with Gasteiger partial charge in [-0.15, -0.1) is 0 Å². The summed E-state index contributed by atoms with van der Waals surface area (Å²) in [7, 11) is 2.15. The van der Waals surface area contributed by atoms with E-state index in [1.807, 2.05) is 24.4 Å². The minimum Gasteiger partial charge on any atom is -0.481 e. The first-order valence-corrected chi connectivity index (χ1v) is 8.87. The molecule has 132 valence electrons. The van der Waals surface area contributed by atoms with Crippen LogP contribution in [0.2, 0.25) is 0 Å². The van der Waals surface area contributed by atoms with E-state index in [9.17, 15) is 4.79 Å². The van der Waals surface area contributed by atoms with Crippen LogP contribution in [-0.2, 0) is 11.2 Å². The molecule has 3 heterocycles. The van der Waals surface area contributed by atoms with Crippen LogP contribution in [0.25, 0.3) is 0 Å². The molecule has 0 spiro atoms. The fourth-order valence-electron chi connectivity index (χ4n) is 3.72. The molecule has 3 rings (SSSR count). The average molecular weight is 339 g/mol. The van der Waals surface area contributed by atoms with Crippen LogP contribution in [-0.4, -0.2) is 33.0 Å². The Bertz CT molecular complexity index is 747. The van der Waals surface area contributed by atoms with Gasteiger partial charge in [0.15, 0.2) is 0 Å². The van der Waals surface area contributed by atoms with E-state index >= 15 is 0 Å². The summed E-state index contributed by atoms with van der Waals surface area (Å²) in [6.45, 7) is 2.12. The number of carbonyl (C=O) groups is 1. The van der Waals surface area contributed by atoms with Crippen molar-refractivity contribution in [2.45, 2.75) is 51.1 Å². The van der Waals surface area contributed by atoms with Gasteiger partial charge >= 0.3 is 5.97 Å². The highest BCUT2D eigenvalue weighted by atomic mass is 16.4. The van der Waals surface area contributed by atoms with Crippen molar-refractivity contribution in [1.29, 1.82) is 0 Å². The molecule has 1 aliphatic rings. The molecule has 1 fully saturated rings. The van der Waals surface area contributed by atoms with Gasteiger partial charge in [0.05, 0.1) is 29.9 Å². The zero-order chi connectivity index (χ0) is 17.8. The van der Waals surface area contributed by atoms with Crippen LogP contribution in [0.1, 0.15) is 60.4 Å². The number of aryl methyl sites for hydroxylation is 2. The molecular weight excluding hydrogens is 314 g/mol. The Morgan fingerprint density at radius 1 is 1.24 bits per heavy atom. The number of piperidine rings is 1. The first kappa shape index (κ1) is 17.5. The summed E-state index contributed by atoms with van der Waals surface area (Å²) in [6.07, 6.45) is 5.76. The smallest absolute Gasteiger partial charge is 0.303 e. The van der Waals surface area contributed by atoms with Gasteiger partial charge in [0.2, 0.25) is 0 Å². The Morgan fingerprint density at radius 2 is 2.04 bits per heavy atom. The molecule has 0 amide bonds. The van der Waals surface area contributed by atoms with E-state index in [0.717, 1.165) is 36.3 Å². The molecule has 0 unspecified atom stereocenters. The lowest BCUT2D eigenvalue weighted by Crippen LogP contribution is -2.34. The number of carboxylic acids is 1. The number of rotatable bonds is 5. The number of pyridine rings is 2.